The summed E-state index contributed by atoms with van der Waals surface area (Å²) in [4.78, 5) is 12.2. The van der Waals surface area contributed by atoms with Crippen LogP contribution < -0.4 is 5.32 Å². The van der Waals surface area contributed by atoms with Gasteiger partial charge in [-0.05, 0) is 30.7 Å². The monoisotopic (exact) mass is 265 g/mol. The van der Waals surface area contributed by atoms with E-state index in [1.165, 1.54) is 12.0 Å². The quantitative estimate of drug-likeness (QED) is 0.850. The van der Waals surface area contributed by atoms with E-state index in [4.69, 9.17) is 0 Å². The van der Waals surface area contributed by atoms with Crippen molar-refractivity contribution in [2.75, 3.05) is 0 Å². The second kappa shape index (κ2) is 4.34. The second-order valence-electron chi connectivity index (χ2n) is 6.28. The average Bonchev–Trinajstić information content (AvgIpc) is 3.14. The molecule has 0 heterocycles. The maximum Gasteiger partial charge on any atom is 0.161 e. The topological polar surface area (TPSA) is 29.1 Å². The van der Waals surface area contributed by atoms with E-state index in [0.29, 0.717) is 23.5 Å². The number of nitrogens with one attached hydrogen (secondary N) is 1. The van der Waals surface area contributed by atoms with Crippen molar-refractivity contribution in [3.63, 3.8) is 0 Å². The standard InChI is InChI=1S/C18H19NO/c1-11(12-5-3-2-4-6-12)19-15-10-16(20)18-14-8-7-13(9-14)17(15)18/h2-8,10-11,13-14,17-19H,9H2,1H3. The first-order chi connectivity index (χ1) is 9.74. The molecule has 102 valence electrons. The molecule has 1 aromatic rings. The van der Waals surface area contributed by atoms with E-state index in [1.807, 2.05) is 12.1 Å². The van der Waals surface area contributed by atoms with E-state index in [9.17, 15) is 4.79 Å². The predicted octanol–water partition coefficient (Wildman–Crippen LogP) is 3.24. The van der Waals surface area contributed by atoms with E-state index in [-0.39, 0.29) is 12.0 Å². The van der Waals surface area contributed by atoms with Crippen LogP contribution in [-0.4, -0.2) is 5.78 Å². The fraction of sp³-hybridized carbons (Fsp3) is 0.389. The van der Waals surface area contributed by atoms with Gasteiger partial charge in [-0.1, -0.05) is 42.5 Å². The molecule has 4 rings (SSSR count). The first-order valence-electron chi connectivity index (χ1n) is 7.49. The zero-order valence-electron chi connectivity index (χ0n) is 11.6. The lowest BCUT2D eigenvalue weighted by Crippen LogP contribution is -2.27. The highest BCUT2D eigenvalue weighted by Crippen LogP contribution is 2.53. The van der Waals surface area contributed by atoms with Gasteiger partial charge in [-0.25, -0.2) is 0 Å². The summed E-state index contributed by atoms with van der Waals surface area (Å²) in [5, 5.41) is 3.59. The van der Waals surface area contributed by atoms with Crippen molar-refractivity contribution in [1.29, 1.82) is 0 Å². The predicted molar refractivity (Wildman–Crippen MR) is 78.8 cm³/mol. The Kier molecular flexibility index (Phi) is 2.59. The maximum atomic E-state index is 12.2. The van der Waals surface area contributed by atoms with Crippen LogP contribution in [0.25, 0.3) is 0 Å². The SMILES string of the molecule is CC(NC1=CC(=O)C2C3C=CC(C3)C12)c1ccccc1. The van der Waals surface area contributed by atoms with Crippen molar-refractivity contribution in [1.82, 2.24) is 5.32 Å². The largest absolute Gasteiger partial charge is 0.381 e. The van der Waals surface area contributed by atoms with E-state index >= 15 is 0 Å². The summed E-state index contributed by atoms with van der Waals surface area (Å²) < 4.78 is 0. The number of rotatable bonds is 3. The minimum atomic E-state index is 0.218. The fourth-order valence-corrected chi connectivity index (χ4v) is 4.19. The summed E-state index contributed by atoms with van der Waals surface area (Å²) in [5.74, 6) is 2.01. The van der Waals surface area contributed by atoms with Crippen LogP contribution in [0.2, 0.25) is 0 Å². The first kappa shape index (κ1) is 12.0. The van der Waals surface area contributed by atoms with Crippen LogP contribution in [0.15, 0.2) is 54.3 Å². The summed E-state index contributed by atoms with van der Waals surface area (Å²) in [7, 11) is 0. The van der Waals surface area contributed by atoms with Gasteiger partial charge in [0.25, 0.3) is 0 Å². The van der Waals surface area contributed by atoms with Crippen molar-refractivity contribution in [2.45, 2.75) is 19.4 Å². The number of benzene rings is 1. The van der Waals surface area contributed by atoms with Crippen LogP contribution in [0.4, 0.5) is 0 Å². The lowest BCUT2D eigenvalue weighted by Gasteiger charge is -2.26. The highest BCUT2D eigenvalue weighted by atomic mass is 16.1. The number of allylic oxidation sites excluding steroid dienone is 4. The van der Waals surface area contributed by atoms with Gasteiger partial charge in [0.05, 0.1) is 0 Å². The van der Waals surface area contributed by atoms with Crippen molar-refractivity contribution in [3.05, 3.63) is 59.8 Å². The number of carbonyl (C=O) groups is 1. The summed E-state index contributed by atoms with van der Waals surface area (Å²) >= 11 is 0. The smallest absolute Gasteiger partial charge is 0.161 e. The van der Waals surface area contributed by atoms with E-state index < -0.39 is 0 Å². The van der Waals surface area contributed by atoms with Crippen LogP contribution in [0, 0.1) is 23.7 Å². The van der Waals surface area contributed by atoms with Crippen LogP contribution in [0.1, 0.15) is 24.9 Å². The Hall–Kier alpha value is -1.83. The third-order valence-electron chi connectivity index (χ3n) is 5.13. The third-order valence-corrected chi connectivity index (χ3v) is 5.13. The Morgan fingerprint density at radius 3 is 2.55 bits per heavy atom. The zero-order valence-corrected chi connectivity index (χ0v) is 11.6. The normalized spacial score (nSPS) is 35.0. The van der Waals surface area contributed by atoms with Crippen molar-refractivity contribution in [3.8, 4) is 0 Å². The molecule has 20 heavy (non-hydrogen) atoms. The first-order valence-corrected chi connectivity index (χ1v) is 7.49. The summed E-state index contributed by atoms with van der Waals surface area (Å²) in [6, 6.07) is 10.7. The molecule has 2 bridgehead atoms. The van der Waals surface area contributed by atoms with Gasteiger partial charge >= 0.3 is 0 Å². The van der Waals surface area contributed by atoms with Gasteiger partial charge in [0.15, 0.2) is 5.78 Å². The summed E-state index contributed by atoms with van der Waals surface area (Å²) in [6.07, 6.45) is 7.59. The molecule has 1 N–H and O–H groups in total. The van der Waals surface area contributed by atoms with Gasteiger partial charge in [0.1, 0.15) is 0 Å². The Morgan fingerprint density at radius 1 is 1.10 bits per heavy atom. The number of fused-ring (bicyclic) bond motifs is 5. The highest BCUT2D eigenvalue weighted by Gasteiger charge is 2.52. The number of carbonyl (C=O) groups excluding carboxylic acids is 1. The molecule has 5 unspecified atom stereocenters. The molecule has 2 heteroatoms. The van der Waals surface area contributed by atoms with E-state index in [2.05, 4.69) is 48.7 Å². The molecule has 0 amide bonds. The molecule has 0 saturated heterocycles. The third kappa shape index (κ3) is 1.67. The number of hydrogen-bond acceptors (Lipinski definition) is 2. The molecule has 1 aromatic carbocycles. The van der Waals surface area contributed by atoms with E-state index in [1.54, 1.807) is 0 Å². The van der Waals surface area contributed by atoms with Gasteiger partial charge in [-0.15, -0.1) is 0 Å². The number of ketones is 1. The van der Waals surface area contributed by atoms with Gasteiger partial charge in [-0.2, -0.15) is 0 Å². The molecule has 2 nitrogen and oxygen atoms in total. The van der Waals surface area contributed by atoms with Crippen molar-refractivity contribution in [2.24, 2.45) is 23.7 Å². The Balaban J connectivity index is 1.56. The fourth-order valence-electron chi connectivity index (χ4n) is 4.19. The number of hydrogen-bond donors (Lipinski definition) is 1. The molecule has 1 saturated carbocycles. The zero-order chi connectivity index (χ0) is 13.7. The van der Waals surface area contributed by atoms with Gasteiger partial charge in [0, 0.05) is 29.7 Å². The maximum absolute atomic E-state index is 12.2. The molecule has 5 atom stereocenters. The molecular formula is C18H19NO. The van der Waals surface area contributed by atoms with Crippen LogP contribution in [0.3, 0.4) is 0 Å². The Labute approximate surface area is 119 Å². The van der Waals surface area contributed by atoms with Crippen LogP contribution >= 0.6 is 0 Å². The summed E-state index contributed by atoms with van der Waals surface area (Å²) in [6.45, 7) is 2.16. The molecular weight excluding hydrogens is 246 g/mol. The minimum absolute atomic E-state index is 0.218. The van der Waals surface area contributed by atoms with Crippen molar-refractivity contribution >= 4 is 5.78 Å². The van der Waals surface area contributed by atoms with Gasteiger partial charge in [-0.3, -0.25) is 4.79 Å². The molecule has 0 spiro atoms. The second-order valence-corrected chi connectivity index (χ2v) is 6.28. The Morgan fingerprint density at radius 2 is 1.80 bits per heavy atom. The molecule has 0 aromatic heterocycles. The van der Waals surface area contributed by atoms with Crippen LogP contribution in [0.5, 0.6) is 0 Å². The molecule has 3 aliphatic carbocycles. The Bertz CT molecular complexity index is 601. The highest BCUT2D eigenvalue weighted by molar-refractivity contribution is 5.96. The molecule has 1 fully saturated rings. The molecule has 3 aliphatic rings. The molecule has 0 radical (unpaired) electrons. The van der Waals surface area contributed by atoms with Gasteiger partial charge < -0.3 is 5.32 Å². The lowest BCUT2D eigenvalue weighted by atomic mass is 9.83. The van der Waals surface area contributed by atoms with Crippen molar-refractivity contribution < 1.29 is 4.79 Å². The minimum Gasteiger partial charge on any atom is -0.381 e. The summed E-state index contributed by atoms with van der Waals surface area (Å²) in [5.41, 5.74) is 2.43. The molecule has 0 aliphatic heterocycles. The van der Waals surface area contributed by atoms with E-state index in [0.717, 1.165) is 5.70 Å². The lowest BCUT2D eigenvalue weighted by molar-refractivity contribution is -0.118. The van der Waals surface area contributed by atoms with Crippen LogP contribution in [-0.2, 0) is 4.79 Å². The van der Waals surface area contributed by atoms with Gasteiger partial charge in [0.2, 0.25) is 0 Å². The average molecular weight is 265 g/mol.